The van der Waals surface area contributed by atoms with Crippen LogP contribution in [0.4, 0.5) is 24.8 Å². The van der Waals surface area contributed by atoms with E-state index < -0.39 is 18.0 Å². The van der Waals surface area contributed by atoms with Crippen molar-refractivity contribution >= 4 is 33.5 Å². The number of nitrogen functional groups attached to an aromatic ring is 1. The normalized spacial score (nSPS) is 11.2. The molecule has 0 saturated carbocycles. The highest BCUT2D eigenvalue weighted by atomic mass is 79.9. The maximum absolute atomic E-state index is 12.3. The van der Waals surface area contributed by atoms with Crippen molar-refractivity contribution in [1.82, 2.24) is 15.2 Å². The van der Waals surface area contributed by atoms with Crippen LogP contribution in [0.3, 0.4) is 0 Å². The molecular formula is C10H7BrF3N5O2. The van der Waals surface area contributed by atoms with Crippen LogP contribution in [-0.4, -0.2) is 27.5 Å². The minimum absolute atomic E-state index is 0.164. The average Bonchev–Trinajstić information content (AvgIpc) is 2.77. The number of alkyl halides is 3. The molecule has 0 aliphatic carbocycles. The van der Waals surface area contributed by atoms with Crippen LogP contribution in [0.2, 0.25) is 0 Å². The first-order chi connectivity index (χ1) is 9.74. The molecule has 112 valence electrons. The first-order valence-corrected chi connectivity index (χ1v) is 6.08. The molecular weight excluding hydrogens is 359 g/mol. The van der Waals surface area contributed by atoms with Crippen LogP contribution in [-0.2, 0) is 0 Å². The Balaban J connectivity index is 2.25. The van der Waals surface area contributed by atoms with Gasteiger partial charge in [0.15, 0.2) is 5.75 Å². The smallest absolute Gasteiger partial charge is 0.404 e. The van der Waals surface area contributed by atoms with E-state index in [2.05, 4.69) is 41.2 Å². The Morgan fingerprint density at radius 2 is 2.14 bits per heavy atom. The van der Waals surface area contributed by atoms with Gasteiger partial charge in [0, 0.05) is 4.47 Å². The molecule has 1 aromatic heterocycles. The number of hydrogen-bond donors (Lipinski definition) is 3. The minimum atomic E-state index is -4.89. The summed E-state index contributed by atoms with van der Waals surface area (Å²) in [6.07, 6.45) is -4.89. The molecule has 7 nitrogen and oxygen atoms in total. The number of ether oxygens (including phenoxy) is 1. The Labute approximate surface area is 123 Å². The maximum Gasteiger partial charge on any atom is 0.573 e. The Morgan fingerprint density at radius 1 is 1.43 bits per heavy atom. The molecule has 4 N–H and O–H groups in total. The number of rotatable bonds is 3. The number of anilines is 2. The van der Waals surface area contributed by atoms with Gasteiger partial charge in [-0.05, 0) is 18.2 Å². The maximum atomic E-state index is 12.3. The van der Waals surface area contributed by atoms with Gasteiger partial charge in [0.25, 0.3) is 5.91 Å². The van der Waals surface area contributed by atoms with Crippen molar-refractivity contribution in [3.63, 3.8) is 0 Å². The molecule has 0 spiro atoms. The van der Waals surface area contributed by atoms with Gasteiger partial charge in [-0.15, -0.1) is 18.3 Å². The predicted molar refractivity (Wildman–Crippen MR) is 69.6 cm³/mol. The van der Waals surface area contributed by atoms with Gasteiger partial charge in [-0.2, -0.15) is 4.98 Å². The molecule has 1 aromatic carbocycles. The van der Waals surface area contributed by atoms with Gasteiger partial charge in [-0.25, -0.2) is 0 Å². The zero-order valence-corrected chi connectivity index (χ0v) is 11.6. The predicted octanol–water partition coefficient (Wildman–Crippen LogP) is 2.30. The molecule has 0 fully saturated rings. The van der Waals surface area contributed by atoms with Gasteiger partial charge in [0.1, 0.15) is 0 Å². The highest BCUT2D eigenvalue weighted by molar-refractivity contribution is 9.10. The molecule has 0 aliphatic heterocycles. The van der Waals surface area contributed by atoms with Crippen LogP contribution in [0.5, 0.6) is 5.75 Å². The van der Waals surface area contributed by atoms with Crippen LogP contribution in [0.1, 0.15) is 10.6 Å². The van der Waals surface area contributed by atoms with E-state index in [0.717, 1.165) is 6.07 Å². The van der Waals surface area contributed by atoms with Crippen molar-refractivity contribution in [1.29, 1.82) is 0 Å². The fourth-order valence-corrected chi connectivity index (χ4v) is 1.71. The number of H-pyrrole nitrogens is 1. The molecule has 2 rings (SSSR count). The van der Waals surface area contributed by atoms with Gasteiger partial charge < -0.3 is 15.8 Å². The molecule has 11 heteroatoms. The van der Waals surface area contributed by atoms with Crippen molar-refractivity contribution in [3.8, 4) is 5.75 Å². The molecule has 0 unspecified atom stereocenters. The number of aromatic amines is 1. The Morgan fingerprint density at radius 3 is 2.71 bits per heavy atom. The summed E-state index contributed by atoms with van der Waals surface area (Å²) < 4.78 is 41.2. The minimum Gasteiger partial charge on any atom is -0.404 e. The quantitative estimate of drug-likeness (QED) is 0.773. The number of nitrogens with two attached hydrogens (primary N) is 1. The molecule has 0 atom stereocenters. The van der Waals surface area contributed by atoms with Crippen molar-refractivity contribution in [2.45, 2.75) is 6.36 Å². The van der Waals surface area contributed by atoms with Gasteiger partial charge in [0.05, 0.1) is 5.69 Å². The lowest BCUT2D eigenvalue weighted by Crippen LogP contribution is -2.20. The second kappa shape index (κ2) is 5.60. The third-order valence-corrected chi connectivity index (χ3v) is 2.63. The average molecular weight is 366 g/mol. The van der Waals surface area contributed by atoms with Crippen LogP contribution in [0, 0.1) is 0 Å². The first kappa shape index (κ1) is 15.1. The van der Waals surface area contributed by atoms with E-state index in [0.29, 0.717) is 4.47 Å². The highest BCUT2D eigenvalue weighted by Gasteiger charge is 2.32. The highest BCUT2D eigenvalue weighted by Crippen LogP contribution is 2.33. The second-order valence-corrected chi connectivity index (χ2v) is 4.60. The zero-order chi connectivity index (χ0) is 15.6. The number of hydrogen-bond acceptors (Lipinski definition) is 5. The van der Waals surface area contributed by atoms with Crippen LogP contribution in [0.25, 0.3) is 0 Å². The van der Waals surface area contributed by atoms with E-state index in [1.807, 2.05) is 0 Å². The summed E-state index contributed by atoms with van der Waals surface area (Å²) >= 11 is 3.01. The molecule has 0 aliphatic rings. The molecule has 1 heterocycles. The van der Waals surface area contributed by atoms with E-state index in [1.165, 1.54) is 12.1 Å². The number of halogens is 4. The number of nitrogens with zero attached hydrogens (tertiary/aromatic N) is 2. The summed E-state index contributed by atoms with van der Waals surface area (Å²) in [5.74, 6) is -1.79. The van der Waals surface area contributed by atoms with Crippen LogP contribution < -0.4 is 15.8 Å². The summed E-state index contributed by atoms with van der Waals surface area (Å²) in [5.41, 5.74) is 5.04. The third kappa shape index (κ3) is 4.08. The van der Waals surface area contributed by atoms with Crippen LogP contribution >= 0.6 is 15.9 Å². The second-order valence-electron chi connectivity index (χ2n) is 3.68. The Bertz CT molecular complexity index is 673. The number of nitrogens with one attached hydrogen (secondary N) is 2. The molecule has 0 radical (unpaired) electrons. The summed E-state index contributed by atoms with van der Waals surface area (Å²) in [6.45, 7) is 0. The monoisotopic (exact) mass is 365 g/mol. The largest absolute Gasteiger partial charge is 0.573 e. The fourth-order valence-electron chi connectivity index (χ4n) is 1.37. The van der Waals surface area contributed by atoms with Gasteiger partial charge in [-0.3, -0.25) is 9.89 Å². The fraction of sp³-hybridized carbons (Fsp3) is 0.100. The summed E-state index contributed by atoms with van der Waals surface area (Å²) in [7, 11) is 0. The van der Waals surface area contributed by atoms with Crippen molar-refractivity contribution in [3.05, 3.63) is 28.5 Å². The van der Waals surface area contributed by atoms with E-state index in [-0.39, 0.29) is 17.5 Å². The number of benzene rings is 1. The third-order valence-electron chi connectivity index (χ3n) is 2.14. The van der Waals surface area contributed by atoms with Crippen molar-refractivity contribution < 1.29 is 22.7 Å². The molecule has 21 heavy (non-hydrogen) atoms. The molecule has 2 aromatic rings. The molecule has 0 saturated heterocycles. The first-order valence-electron chi connectivity index (χ1n) is 5.29. The summed E-state index contributed by atoms with van der Waals surface area (Å²) in [4.78, 5) is 15.3. The Kier molecular flexibility index (Phi) is 4.02. The summed E-state index contributed by atoms with van der Waals surface area (Å²) in [5, 5.41) is 7.89. The van der Waals surface area contributed by atoms with Crippen LogP contribution in [0.15, 0.2) is 22.7 Å². The topological polar surface area (TPSA) is 106 Å². The number of carbonyl (C=O) groups excluding carboxylic acids is 1. The summed E-state index contributed by atoms with van der Waals surface area (Å²) in [6, 6.07) is 3.74. The van der Waals surface area contributed by atoms with E-state index >= 15 is 0 Å². The zero-order valence-electron chi connectivity index (χ0n) is 10.0. The van der Waals surface area contributed by atoms with Gasteiger partial charge in [0.2, 0.25) is 11.8 Å². The lowest BCUT2D eigenvalue weighted by atomic mass is 10.3. The number of carbonyl (C=O) groups is 1. The Hall–Kier alpha value is -2.30. The number of amides is 1. The van der Waals surface area contributed by atoms with Gasteiger partial charge >= 0.3 is 6.36 Å². The lowest BCUT2D eigenvalue weighted by molar-refractivity contribution is -0.274. The SMILES string of the molecule is Nc1n[nH]c(C(=O)Nc2ccc(Br)cc2OC(F)(F)F)n1. The van der Waals surface area contributed by atoms with Gasteiger partial charge in [-0.1, -0.05) is 15.9 Å². The van der Waals surface area contributed by atoms with Crippen molar-refractivity contribution in [2.24, 2.45) is 0 Å². The van der Waals surface area contributed by atoms with E-state index in [4.69, 9.17) is 5.73 Å². The molecule has 1 amide bonds. The van der Waals surface area contributed by atoms with E-state index in [9.17, 15) is 18.0 Å². The standard InChI is InChI=1S/C10H7BrF3N5O2/c11-4-1-2-5(6(3-4)21-10(12,13)14)16-8(20)7-17-9(15)19-18-7/h1-3H,(H,16,20)(H3,15,17,18,19). The van der Waals surface area contributed by atoms with Crippen molar-refractivity contribution in [2.75, 3.05) is 11.1 Å². The number of aromatic nitrogens is 3. The molecule has 0 bridgehead atoms. The lowest BCUT2D eigenvalue weighted by Gasteiger charge is -2.13. The van der Waals surface area contributed by atoms with E-state index in [1.54, 1.807) is 0 Å².